The molecule has 0 aromatic rings. The van der Waals surface area contributed by atoms with Crippen molar-refractivity contribution in [3.8, 4) is 0 Å². The molecule has 0 aromatic carbocycles. The molecule has 0 heterocycles. The van der Waals surface area contributed by atoms with Crippen molar-refractivity contribution in [2.24, 2.45) is 0 Å². The fourth-order valence-corrected chi connectivity index (χ4v) is 0.571. The minimum absolute atomic E-state index is 0.458. The average Bonchev–Trinajstić information content (AvgIpc) is 1.97. The van der Waals surface area contributed by atoms with Crippen LogP contribution in [0.15, 0.2) is 49.1 Å². The molecule has 0 amide bonds. The van der Waals surface area contributed by atoms with Gasteiger partial charge < -0.3 is 5.11 Å². The van der Waals surface area contributed by atoms with E-state index in [1.165, 1.54) is 0 Å². The van der Waals surface area contributed by atoms with E-state index in [4.69, 9.17) is 5.11 Å². The molecule has 0 radical (unpaired) electrons. The van der Waals surface area contributed by atoms with Crippen LogP contribution in [0.3, 0.4) is 0 Å². The van der Waals surface area contributed by atoms with Gasteiger partial charge in [-0.3, -0.25) is 0 Å². The molecule has 1 nitrogen and oxygen atoms in total. The molecule has 60 valence electrons. The van der Waals surface area contributed by atoms with Crippen molar-refractivity contribution in [3.63, 3.8) is 0 Å². The molecule has 0 saturated heterocycles. The lowest BCUT2D eigenvalue weighted by Crippen LogP contribution is -2.04. The Morgan fingerprint density at radius 1 is 1.55 bits per heavy atom. The molecule has 11 heavy (non-hydrogen) atoms. The normalized spacial score (nSPS) is 20.5. The van der Waals surface area contributed by atoms with Crippen LogP contribution < -0.4 is 0 Å². The van der Waals surface area contributed by atoms with E-state index in [9.17, 15) is 0 Å². The Hall–Kier alpha value is -1.08. The highest BCUT2D eigenvalue weighted by molar-refractivity contribution is 5.31. The van der Waals surface area contributed by atoms with Gasteiger partial charge in [0.05, 0.1) is 6.10 Å². The lowest BCUT2D eigenvalue weighted by atomic mass is 10.1. The lowest BCUT2D eigenvalue weighted by molar-refractivity contribution is 0.262. The predicted octanol–water partition coefficient (Wildman–Crippen LogP) is 2.22. The van der Waals surface area contributed by atoms with Crippen LogP contribution in [0.5, 0.6) is 0 Å². The summed E-state index contributed by atoms with van der Waals surface area (Å²) in [7, 11) is 0. The molecule has 1 atom stereocenters. The van der Waals surface area contributed by atoms with Crippen molar-refractivity contribution in [1.82, 2.24) is 0 Å². The summed E-state index contributed by atoms with van der Waals surface area (Å²) in [6.07, 6.45) is 8.45. The first-order chi connectivity index (χ1) is 5.22. The van der Waals surface area contributed by atoms with Crippen molar-refractivity contribution in [3.05, 3.63) is 49.1 Å². The third-order valence-electron chi connectivity index (χ3n) is 1.09. The van der Waals surface area contributed by atoms with E-state index in [1.54, 1.807) is 24.3 Å². The quantitative estimate of drug-likeness (QED) is 0.525. The van der Waals surface area contributed by atoms with Crippen LogP contribution in [-0.4, -0.2) is 11.2 Å². The Morgan fingerprint density at radius 2 is 2.09 bits per heavy atom. The van der Waals surface area contributed by atoms with Crippen molar-refractivity contribution >= 4 is 0 Å². The van der Waals surface area contributed by atoms with E-state index in [2.05, 4.69) is 13.2 Å². The minimum atomic E-state index is -0.458. The number of aliphatic hydroxyl groups excluding tert-OH is 1. The highest BCUT2D eigenvalue weighted by Gasteiger charge is 2.01. The SMILES string of the molecule is C=C1C=CC=CC1O.C=CC. The van der Waals surface area contributed by atoms with Crippen molar-refractivity contribution < 1.29 is 5.11 Å². The molecule has 0 spiro atoms. The maximum Gasteiger partial charge on any atom is 0.0969 e. The van der Waals surface area contributed by atoms with Crippen LogP contribution in [0.4, 0.5) is 0 Å². The van der Waals surface area contributed by atoms with Crippen molar-refractivity contribution in [1.29, 1.82) is 0 Å². The van der Waals surface area contributed by atoms with Crippen molar-refractivity contribution in [2.45, 2.75) is 13.0 Å². The summed E-state index contributed by atoms with van der Waals surface area (Å²) in [5, 5.41) is 8.94. The summed E-state index contributed by atoms with van der Waals surface area (Å²) in [5.74, 6) is 0. The summed E-state index contributed by atoms with van der Waals surface area (Å²) in [4.78, 5) is 0. The first kappa shape index (κ1) is 9.92. The fraction of sp³-hybridized carbons (Fsp3) is 0.200. The Morgan fingerprint density at radius 3 is 2.36 bits per heavy atom. The Balaban J connectivity index is 0.000000292. The smallest absolute Gasteiger partial charge is 0.0969 e. The zero-order valence-electron chi connectivity index (χ0n) is 6.83. The zero-order valence-corrected chi connectivity index (χ0v) is 6.83. The third-order valence-corrected chi connectivity index (χ3v) is 1.09. The number of allylic oxidation sites excluding steroid dienone is 3. The summed E-state index contributed by atoms with van der Waals surface area (Å²) < 4.78 is 0. The Labute approximate surface area is 68.1 Å². The second-order valence-electron chi connectivity index (χ2n) is 2.17. The molecule has 1 N–H and O–H groups in total. The van der Waals surface area contributed by atoms with Gasteiger partial charge in [0.1, 0.15) is 0 Å². The molecule has 1 aliphatic rings. The summed E-state index contributed by atoms with van der Waals surface area (Å²) in [6, 6.07) is 0. The lowest BCUT2D eigenvalue weighted by Gasteiger charge is -2.06. The number of rotatable bonds is 0. The molecule has 1 unspecified atom stereocenters. The molecule has 0 fully saturated rings. The van der Waals surface area contributed by atoms with Gasteiger partial charge in [0, 0.05) is 0 Å². The van der Waals surface area contributed by atoms with Crippen LogP contribution >= 0.6 is 0 Å². The molecule has 1 rings (SSSR count). The van der Waals surface area contributed by atoms with E-state index >= 15 is 0 Å². The minimum Gasteiger partial charge on any atom is -0.384 e. The van der Waals surface area contributed by atoms with E-state index in [0.717, 1.165) is 5.57 Å². The zero-order chi connectivity index (χ0) is 8.69. The van der Waals surface area contributed by atoms with Crippen LogP contribution in [0, 0.1) is 0 Å². The first-order valence-electron chi connectivity index (χ1n) is 3.51. The average molecular weight is 150 g/mol. The highest BCUT2D eigenvalue weighted by Crippen LogP contribution is 2.07. The Bertz CT molecular complexity index is 187. The molecule has 0 aromatic heterocycles. The monoisotopic (exact) mass is 150 g/mol. The van der Waals surface area contributed by atoms with Crippen LogP contribution in [-0.2, 0) is 0 Å². The highest BCUT2D eigenvalue weighted by atomic mass is 16.3. The van der Waals surface area contributed by atoms with Gasteiger partial charge in [0.15, 0.2) is 0 Å². The topological polar surface area (TPSA) is 20.2 Å². The molecule has 1 aliphatic carbocycles. The maximum atomic E-state index is 8.94. The molecule has 1 heteroatoms. The molecular weight excluding hydrogens is 136 g/mol. The molecule has 0 aliphatic heterocycles. The van der Waals surface area contributed by atoms with Gasteiger partial charge in [0.25, 0.3) is 0 Å². The van der Waals surface area contributed by atoms with Gasteiger partial charge in [-0.25, -0.2) is 0 Å². The van der Waals surface area contributed by atoms with E-state index in [-0.39, 0.29) is 0 Å². The third kappa shape index (κ3) is 4.34. The molecule has 0 saturated carbocycles. The van der Waals surface area contributed by atoms with Gasteiger partial charge in [-0.05, 0) is 12.5 Å². The number of hydrogen-bond acceptors (Lipinski definition) is 1. The largest absolute Gasteiger partial charge is 0.384 e. The van der Waals surface area contributed by atoms with Crippen molar-refractivity contribution in [2.75, 3.05) is 0 Å². The van der Waals surface area contributed by atoms with Crippen LogP contribution in [0.1, 0.15) is 6.92 Å². The van der Waals surface area contributed by atoms with E-state index in [0.29, 0.717) is 0 Å². The van der Waals surface area contributed by atoms with Crippen LogP contribution in [0.25, 0.3) is 0 Å². The second-order valence-corrected chi connectivity index (χ2v) is 2.17. The second kappa shape index (κ2) is 5.69. The first-order valence-corrected chi connectivity index (χ1v) is 3.51. The molecular formula is C10H14O. The number of hydrogen-bond donors (Lipinski definition) is 1. The van der Waals surface area contributed by atoms with Gasteiger partial charge >= 0.3 is 0 Å². The summed E-state index contributed by atoms with van der Waals surface area (Å²) >= 11 is 0. The van der Waals surface area contributed by atoms with E-state index in [1.807, 2.05) is 13.0 Å². The maximum absolute atomic E-state index is 8.94. The number of aliphatic hydroxyl groups is 1. The van der Waals surface area contributed by atoms with Gasteiger partial charge in [-0.2, -0.15) is 0 Å². The van der Waals surface area contributed by atoms with E-state index < -0.39 is 6.10 Å². The van der Waals surface area contributed by atoms with Gasteiger partial charge in [-0.15, -0.1) is 6.58 Å². The predicted molar refractivity (Wildman–Crippen MR) is 49.3 cm³/mol. The standard InChI is InChI=1S/C7H8O.C3H6/c1-6-4-2-3-5-7(6)8;1-3-2/h2-5,7-8H,1H2;3H,1H2,2H3. The summed E-state index contributed by atoms with van der Waals surface area (Å²) in [6.45, 7) is 8.86. The Kier molecular flexibility index (Phi) is 5.13. The fourth-order valence-electron chi connectivity index (χ4n) is 0.571. The van der Waals surface area contributed by atoms with Gasteiger partial charge in [-0.1, -0.05) is 37.0 Å². The molecule has 0 bridgehead atoms. The van der Waals surface area contributed by atoms with Crippen LogP contribution in [0.2, 0.25) is 0 Å². The summed E-state index contributed by atoms with van der Waals surface area (Å²) in [5.41, 5.74) is 0.757. The van der Waals surface area contributed by atoms with Gasteiger partial charge in [0.2, 0.25) is 0 Å².